The number of esters is 3. The highest BCUT2D eigenvalue weighted by Crippen LogP contribution is 2.38. The molecule has 0 radical (unpaired) electrons. The average Bonchev–Trinajstić information content (AvgIpc) is 3.09. The van der Waals surface area contributed by atoms with Gasteiger partial charge in [0.2, 0.25) is 0 Å². The van der Waals surface area contributed by atoms with Crippen LogP contribution in [0.15, 0.2) is 23.3 Å². The fourth-order valence-corrected chi connectivity index (χ4v) is 6.08. The SMILES string of the molecule is CC=C(C)C(=O)OC1CC2CC(OC(=O)C=C(C)C(=O)OC3CC4CCC(C3)N4C)CC1N2C. The van der Waals surface area contributed by atoms with Crippen molar-refractivity contribution in [3.63, 3.8) is 0 Å². The number of carbonyl (C=O) groups excluding carboxylic acids is 3. The summed E-state index contributed by atoms with van der Waals surface area (Å²) in [6.45, 7) is 5.16. The number of piperidine rings is 2. The van der Waals surface area contributed by atoms with Gasteiger partial charge in [-0.3, -0.25) is 4.90 Å². The van der Waals surface area contributed by atoms with E-state index in [0.29, 0.717) is 30.5 Å². The summed E-state index contributed by atoms with van der Waals surface area (Å²) in [5.74, 6) is -1.26. The van der Waals surface area contributed by atoms with E-state index in [-0.39, 0.29) is 41.9 Å². The molecule has 0 aromatic carbocycles. The maximum atomic E-state index is 12.6. The molecule has 0 aromatic rings. The van der Waals surface area contributed by atoms with Gasteiger partial charge in [0.1, 0.15) is 18.3 Å². The predicted octanol–water partition coefficient (Wildman–Crippen LogP) is 2.76. The third kappa shape index (κ3) is 5.23. The largest absolute Gasteiger partial charge is 0.459 e. The molecule has 0 saturated carbocycles. The van der Waals surface area contributed by atoms with Crippen LogP contribution in [-0.4, -0.2) is 84.3 Å². The minimum Gasteiger partial charge on any atom is -0.459 e. The summed E-state index contributed by atoms with van der Waals surface area (Å²) < 4.78 is 17.1. The van der Waals surface area contributed by atoms with Crippen LogP contribution in [0.5, 0.6) is 0 Å². The summed E-state index contributed by atoms with van der Waals surface area (Å²) in [7, 11) is 4.17. The third-order valence-corrected chi connectivity index (χ3v) is 8.35. The van der Waals surface area contributed by atoms with Crippen molar-refractivity contribution in [1.82, 2.24) is 9.80 Å². The molecule has 0 aromatic heterocycles. The van der Waals surface area contributed by atoms with E-state index >= 15 is 0 Å². The summed E-state index contributed by atoms with van der Waals surface area (Å²) in [6.07, 6.45) is 8.47. The van der Waals surface area contributed by atoms with Gasteiger partial charge in [-0.25, -0.2) is 14.4 Å². The van der Waals surface area contributed by atoms with Crippen molar-refractivity contribution >= 4 is 17.9 Å². The fraction of sp³-hybridized carbons (Fsp3) is 0.731. The molecular weight excluding hydrogens is 436 g/mol. The van der Waals surface area contributed by atoms with Gasteiger partial charge in [0, 0.05) is 67.5 Å². The van der Waals surface area contributed by atoms with E-state index in [1.807, 2.05) is 14.0 Å². The molecule has 4 aliphatic heterocycles. The maximum absolute atomic E-state index is 12.6. The summed E-state index contributed by atoms with van der Waals surface area (Å²) >= 11 is 0. The first-order valence-electron chi connectivity index (χ1n) is 12.5. The lowest BCUT2D eigenvalue weighted by Gasteiger charge is -2.36. The van der Waals surface area contributed by atoms with Gasteiger partial charge in [-0.1, -0.05) is 6.08 Å². The van der Waals surface area contributed by atoms with E-state index in [1.54, 1.807) is 19.9 Å². The molecule has 4 aliphatic rings. The highest BCUT2D eigenvalue weighted by atomic mass is 16.6. The number of hydrogen-bond acceptors (Lipinski definition) is 8. The highest BCUT2D eigenvalue weighted by molar-refractivity contribution is 5.96. The second kappa shape index (κ2) is 10.2. The number of allylic oxidation sites excluding steroid dienone is 1. The zero-order valence-corrected chi connectivity index (χ0v) is 21.0. The number of carbonyl (C=O) groups is 3. The molecule has 0 amide bonds. The molecule has 0 aliphatic carbocycles. The Balaban J connectivity index is 1.28. The van der Waals surface area contributed by atoms with Crippen molar-refractivity contribution in [2.45, 2.75) is 108 Å². The van der Waals surface area contributed by atoms with E-state index in [2.05, 4.69) is 16.8 Å². The van der Waals surface area contributed by atoms with Gasteiger partial charge in [-0.15, -0.1) is 0 Å². The molecule has 4 bridgehead atoms. The summed E-state index contributed by atoms with van der Waals surface area (Å²) in [5.41, 5.74) is 0.855. The van der Waals surface area contributed by atoms with E-state index in [0.717, 1.165) is 32.1 Å². The van der Waals surface area contributed by atoms with Crippen LogP contribution in [0.25, 0.3) is 0 Å². The van der Waals surface area contributed by atoms with Gasteiger partial charge in [-0.2, -0.15) is 0 Å². The molecule has 6 atom stereocenters. The van der Waals surface area contributed by atoms with Crippen molar-refractivity contribution in [3.05, 3.63) is 23.3 Å². The molecule has 8 nitrogen and oxygen atoms in total. The number of rotatable bonds is 6. The normalized spacial score (nSPS) is 36.3. The Bertz CT molecular complexity index is 869. The van der Waals surface area contributed by atoms with Crippen LogP contribution in [0.4, 0.5) is 0 Å². The van der Waals surface area contributed by atoms with Crippen molar-refractivity contribution in [1.29, 1.82) is 0 Å². The Morgan fingerprint density at radius 1 is 0.735 bits per heavy atom. The lowest BCUT2D eigenvalue weighted by Crippen LogP contribution is -2.46. The summed E-state index contributed by atoms with van der Waals surface area (Å²) in [4.78, 5) is 42.0. The second-order valence-corrected chi connectivity index (χ2v) is 10.4. The molecule has 34 heavy (non-hydrogen) atoms. The van der Waals surface area contributed by atoms with Crippen LogP contribution >= 0.6 is 0 Å². The average molecular weight is 475 g/mol. The number of fused-ring (bicyclic) bond motifs is 4. The van der Waals surface area contributed by atoms with Gasteiger partial charge >= 0.3 is 17.9 Å². The molecule has 4 rings (SSSR count). The van der Waals surface area contributed by atoms with E-state index in [9.17, 15) is 14.4 Å². The number of ether oxygens (including phenoxy) is 3. The zero-order chi connectivity index (χ0) is 24.6. The van der Waals surface area contributed by atoms with Crippen molar-refractivity contribution in [2.24, 2.45) is 0 Å². The number of likely N-dealkylation sites (N-methyl/N-ethyl adjacent to an activating group) is 1. The van der Waals surface area contributed by atoms with Gasteiger partial charge in [0.15, 0.2) is 0 Å². The van der Waals surface area contributed by atoms with Gasteiger partial charge in [0.05, 0.1) is 6.04 Å². The highest BCUT2D eigenvalue weighted by Gasteiger charge is 2.48. The van der Waals surface area contributed by atoms with Gasteiger partial charge in [-0.05, 0) is 47.7 Å². The minimum absolute atomic E-state index is 0.0139. The topological polar surface area (TPSA) is 85.4 Å². The van der Waals surface area contributed by atoms with Crippen LogP contribution in [0.3, 0.4) is 0 Å². The van der Waals surface area contributed by atoms with E-state index in [4.69, 9.17) is 14.2 Å². The van der Waals surface area contributed by atoms with Gasteiger partial charge < -0.3 is 19.1 Å². The van der Waals surface area contributed by atoms with Crippen molar-refractivity contribution in [3.8, 4) is 0 Å². The molecule has 0 N–H and O–H groups in total. The molecule has 4 saturated heterocycles. The van der Waals surface area contributed by atoms with Crippen LogP contribution < -0.4 is 0 Å². The Labute approximate surface area is 202 Å². The quantitative estimate of drug-likeness (QED) is 0.330. The van der Waals surface area contributed by atoms with Gasteiger partial charge in [0.25, 0.3) is 0 Å². The minimum atomic E-state index is -0.523. The molecule has 8 heteroatoms. The Kier molecular flexibility index (Phi) is 7.48. The summed E-state index contributed by atoms with van der Waals surface area (Å²) in [6, 6.07) is 1.17. The predicted molar refractivity (Wildman–Crippen MR) is 126 cm³/mol. The lowest BCUT2D eigenvalue weighted by atomic mass is 10.00. The van der Waals surface area contributed by atoms with Crippen LogP contribution in [0.2, 0.25) is 0 Å². The van der Waals surface area contributed by atoms with Crippen LogP contribution in [0, 0.1) is 0 Å². The van der Waals surface area contributed by atoms with Crippen LogP contribution in [0.1, 0.15) is 65.7 Å². The Hall–Kier alpha value is -2.19. The number of nitrogens with zero attached hydrogens (tertiary/aromatic N) is 2. The number of hydrogen-bond donors (Lipinski definition) is 0. The summed E-state index contributed by atoms with van der Waals surface area (Å²) in [5, 5.41) is 0. The monoisotopic (exact) mass is 474 g/mol. The Morgan fingerprint density at radius 3 is 1.97 bits per heavy atom. The first kappa shape index (κ1) is 24.9. The molecule has 4 heterocycles. The lowest BCUT2D eigenvalue weighted by molar-refractivity contribution is -0.151. The molecule has 6 unspecified atom stereocenters. The first-order valence-corrected chi connectivity index (χ1v) is 12.5. The van der Waals surface area contributed by atoms with E-state index in [1.165, 1.54) is 6.08 Å². The standard InChI is InChI=1S/C26H38N2O6/c1-6-15(2)25(30)34-23-13-19-12-21(14-22(23)28(19)5)32-24(29)9-16(3)26(31)33-20-10-17-7-8-18(11-20)27(17)4/h6,9,17-23H,7-8,10-14H2,1-5H3. The zero-order valence-electron chi connectivity index (χ0n) is 21.0. The smallest absolute Gasteiger partial charge is 0.334 e. The first-order chi connectivity index (χ1) is 16.2. The third-order valence-electron chi connectivity index (χ3n) is 8.35. The van der Waals surface area contributed by atoms with Crippen molar-refractivity contribution < 1.29 is 28.6 Å². The molecule has 188 valence electrons. The maximum Gasteiger partial charge on any atom is 0.334 e. The van der Waals surface area contributed by atoms with E-state index < -0.39 is 11.9 Å². The second-order valence-electron chi connectivity index (χ2n) is 10.4. The van der Waals surface area contributed by atoms with Crippen molar-refractivity contribution in [2.75, 3.05) is 14.1 Å². The molecule has 4 fully saturated rings. The molecule has 0 spiro atoms. The molecular formula is C26H38N2O6. The van der Waals surface area contributed by atoms with Crippen LogP contribution in [-0.2, 0) is 28.6 Å². The fourth-order valence-electron chi connectivity index (χ4n) is 6.08. The Morgan fingerprint density at radius 2 is 1.32 bits per heavy atom.